The molecule has 0 saturated heterocycles. The molecular formula is C6H12O4S2. The van der Waals surface area contributed by atoms with Gasteiger partial charge in [-0.2, -0.15) is 0 Å². The summed E-state index contributed by atoms with van der Waals surface area (Å²) in [5.41, 5.74) is 0. The van der Waals surface area contributed by atoms with Gasteiger partial charge in [-0.15, -0.1) is 0 Å². The van der Waals surface area contributed by atoms with Crippen LogP contribution in [0.25, 0.3) is 0 Å². The van der Waals surface area contributed by atoms with Crippen LogP contribution in [0.3, 0.4) is 0 Å². The zero-order chi connectivity index (χ0) is 9.99. The molecule has 0 aromatic heterocycles. The SMILES string of the molecule is C=C(S(=O)(=O)CC)S(=O)(=O)CC. The van der Waals surface area contributed by atoms with Crippen molar-refractivity contribution in [3.05, 3.63) is 10.8 Å². The second kappa shape index (κ2) is 3.57. The number of sulfone groups is 2. The van der Waals surface area contributed by atoms with Crippen LogP contribution in [0.4, 0.5) is 0 Å². The molecule has 12 heavy (non-hydrogen) atoms. The quantitative estimate of drug-likeness (QED) is 0.673. The third kappa shape index (κ3) is 2.31. The zero-order valence-electron chi connectivity index (χ0n) is 7.07. The first kappa shape index (κ1) is 11.6. The maximum absolute atomic E-state index is 11.0. The fraction of sp³-hybridized carbons (Fsp3) is 0.667. The Hall–Kier alpha value is -0.360. The highest BCUT2D eigenvalue weighted by Crippen LogP contribution is 2.13. The van der Waals surface area contributed by atoms with Crippen LogP contribution in [0.15, 0.2) is 10.8 Å². The predicted octanol–water partition coefficient (Wildman–Crippen LogP) is 0.327. The fourth-order valence-corrected chi connectivity index (χ4v) is 3.41. The molecule has 0 amide bonds. The average molecular weight is 212 g/mol. The van der Waals surface area contributed by atoms with E-state index in [1.54, 1.807) is 0 Å². The summed E-state index contributed by atoms with van der Waals surface area (Å²) >= 11 is 0. The van der Waals surface area contributed by atoms with Crippen LogP contribution in [-0.2, 0) is 19.7 Å². The molecule has 4 nitrogen and oxygen atoms in total. The molecule has 72 valence electrons. The van der Waals surface area contributed by atoms with Crippen LogP contribution in [0.2, 0.25) is 0 Å². The van der Waals surface area contributed by atoms with Crippen molar-refractivity contribution in [2.24, 2.45) is 0 Å². The summed E-state index contributed by atoms with van der Waals surface area (Å²) in [4.78, 5) is 0. The average Bonchev–Trinajstić information content (AvgIpc) is 2.03. The maximum atomic E-state index is 11.0. The van der Waals surface area contributed by atoms with Crippen LogP contribution in [0.5, 0.6) is 0 Å². The predicted molar refractivity (Wildman–Crippen MR) is 48.1 cm³/mol. The molecular weight excluding hydrogens is 200 g/mol. The van der Waals surface area contributed by atoms with Gasteiger partial charge in [0.2, 0.25) is 0 Å². The van der Waals surface area contributed by atoms with E-state index in [2.05, 4.69) is 6.58 Å². The molecule has 0 radical (unpaired) electrons. The van der Waals surface area contributed by atoms with Crippen molar-refractivity contribution in [3.8, 4) is 0 Å². The Kier molecular flexibility index (Phi) is 3.46. The van der Waals surface area contributed by atoms with Gasteiger partial charge in [0.1, 0.15) is 0 Å². The number of hydrogen-bond acceptors (Lipinski definition) is 4. The number of hydrogen-bond donors (Lipinski definition) is 0. The lowest BCUT2D eigenvalue weighted by molar-refractivity contribution is 0.596. The van der Waals surface area contributed by atoms with Gasteiger partial charge in [-0.3, -0.25) is 0 Å². The van der Waals surface area contributed by atoms with E-state index in [-0.39, 0.29) is 11.5 Å². The van der Waals surface area contributed by atoms with Gasteiger partial charge in [0.05, 0.1) is 11.5 Å². The van der Waals surface area contributed by atoms with Crippen molar-refractivity contribution in [2.45, 2.75) is 13.8 Å². The Bertz CT molecular complexity index is 324. The van der Waals surface area contributed by atoms with E-state index < -0.39 is 23.9 Å². The molecule has 0 spiro atoms. The Labute approximate surface area is 73.1 Å². The molecule has 0 atom stereocenters. The van der Waals surface area contributed by atoms with Gasteiger partial charge in [-0.05, 0) is 0 Å². The van der Waals surface area contributed by atoms with Crippen molar-refractivity contribution in [1.29, 1.82) is 0 Å². The molecule has 0 aliphatic rings. The van der Waals surface area contributed by atoms with E-state index in [1.807, 2.05) is 0 Å². The second-order valence-corrected chi connectivity index (χ2v) is 7.04. The summed E-state index contributed by atoms with van der Waals surface area (Å²) in [6, 6.07) is 0. The summed E-state index contributed by atoms with van der Waals surface area (Å²) in [5.74, 6) is -0.462. The van der Waals surface area contributed by atoms with Crippen molar-refractivity contribution in [3.63, 3.8) is 0 Å². The van der Waals surface area contributed by atoms with E-state index in [0.717, 1.165) is 0 Å². The molecule has 0 saturated carbocycles. The molecule has 0 unspecified atom stereocenters. The van der Waals surface area contributed by atoms with Crippen LogP contribution < -0.4 is 0 Å². The van der Waals surface area contributed by atoms with E-state index in [9.17, 15) is 16.8 Å². The lowest BCUT2D eigenvalue weighted by Gasteiger charge is -2.03. The monoisotopic (exact) mass is 212 g/mol. The molecule has 0 rings (SSSR count). The van der Waals surface area contributed by atoms with Gasteiger partial charge >= 0.3 is 0 Å². The zero-order valence-corrected chi connectivity index (χ0v) is 8.70. The van der Waals surface area contributed by atoms with E-state index in [4.69, 9.17) is 0 Å². The van der Waals surface area contributed by atoms with Crippen molar-refractivity contribution in [2.75, 3.05) is 11.5 Å². The van der Waals surface area contributed by atoms with Gasteiger partial charge in [-0.1, -0.05) is 20.4 Å². The van der Waals surface area contributed by atoms with Crippen LogP contribution in [0.1, 0.15) is 13.8 Å². The lowest BCUT2D eigenvalue weighted by atomic mass is 11.0. The van der Waals surface area contributed by atoms with E-state index >= 15 is 0 Å². The first-order valence-electron chi connectivity index (χ1n) is 3.42. The molecule has 0 N–H and O–H groups in total. The van der Waals surface area contributed by atoms with Gasteiger partial charge in [-0.25, -0.2) is 16.8 Å². The highest BCUT2D eigenvalue weighted by atomic mass is 32.3. The topological polar surface area (TPSA) is 68.3 Å². The summed E-state index contributed by atoms with van der Waals surface area (Å²) in [6.45, 7) is 5.83. The Morgan fingerprint density at radius 3 is 1.42 bits per heavy atom. The third-order valence-corrected chi connectivity index (χ3v) is 5.89. The highest BCUT2D eigenvalue weighted by molar-refractivity contribution is 8.14. The third-order valence-electron chi connectivity index (χ3n) is 1.45. The second-order valence-electron chi connectivity index (χ2n) is 2.18. The molecule has 6 heteroatoms. The lowest BCUT2D eigenvalue weighted by Crippen LogP contribution is -2.16. The molecule has 0 aliphatic heterocycles. The summed E-state index contributed by atoms with van der Waals surface area (Å²) < 4.78 is 43.4. The van der Waals surface area contributed by atoms with Crippen molar-refractivity contribution in [1.82, 2.24) is 0 Å². The molecule has 0 bridgehead atoms. The highest BCUT2D eigenvalue weighted by Gasteiger charge is 2.24. The first-order chi connectivity index (χ1) is 5.28. The molecule has 0 fully saturated rings. The molecule has 0 aromatic carbocycles. The minimum atomic E-state index is -3.65. The minimum Gasteiger partial charge on any atom is -0.223 e. The Balaban J connectivity index is 5.16. The smallest absolute Gasteiger partial charge is 0.188 e. The number of rotatable bonds is 4. The van der Waals surface area contributed by atoms with Crippen molar-refractivity contribution >= 4 is 19.7 Å². The summed E-state index contributed by atoms with van der Waals surface area (Å²) in [7, 11) is -7.30. The van der Waals surface area contributed by atoms with Crippen LogP contribution in [-0.4, -0.2) is 28.3 Å². The standard InChI is InChI=1S/C6H12O4S2/c1-4-11(7,8)6(3)12(9,10)5-2/h3-5H2,1-2H3. The first-order valence-corrected chi connectivity index (χ1v) is 6.72. The van der Waals surface area contributed by atoms with Gasteiger partial charge in [0, 0.05) is 0 Å². The normalized spacial score (nSPS) is 12.8. The molecule has 0 heterocycles. The van der Waals surface area contributed by atoms with E-state index in [1.165, 1.54) is 13.8 Å². The Morgan fingerprint density at radius 2 is 1.25 bits per heavy atom. The minimum absolute atomic E-state index is 0.231. The maximum Gasteiger partial charge on any atom is 0.188 e. The van der Waals surface area contributed by atoms with Gasteiger partial charge in [0.25, 0.3) is 0 Å². The largest absolute Gasteiger partial charge is 0.223 e. The molecule has 0 aromatic rings. The van der Waals surface area contributed by atoms with Gasteiger partial charge < -0.3 is 0 Å². The van der Waals surface area contributed by atoms with Gasteiger partial charge in [0.15, 0.2) is 23.9 Å². The van der Waals surface area contributed by atoms with E-state index in [0.29, 0.717) is 0 Å². The Morgan fingerprint density at radius 1 is 1.00 bits per heavy atom. The fourth-order valence-electron chi connectivity index (χ4n) is 0.515. The van der Waals surface area contributed by atoms with Crippen LogP contribution in [0, 0.1) is 0 Å². The van der Waals surface area contributed by atoms with Crippen LogP contribution >= 0.6 is 0 Å². The summed E-state index contributed by atoms with van der Waals surface area (Å²) in [5, 5.41) is 0. The summed E-state index contributed by atoms with van der Waals surface area (Å²) in [6.07, 6.45) is 0. The molecule has 0 aliphatic carbocycles. The van der Waals surface area contributed by atoms with Crippen molar-refractivity contribution < 1.29 is 16.8 Å².